The van der Waals surface area contributed by atoms with E-state index >= 15 is 0 Å². The maximum absolute atomic E-state index is 12.5. The van der Waals surface area contributed by atoms with E-state index in [9.17, 15) is 14.4 Å². The number of aryl methyl sites for hydroxylation is 1. The standard InChI is InChI=1S/C27H23NO6/c1-18-14-22(26-21(20-10-6-3-7-11-20)16-25(30)34-23(26)15-18)33-24(29)12-13-28-27(31)32-17-19-8-4-2-5-9-19/h2-11,14-16H,12-13,17H2,1H3,(H,28,31). The number of alkyl carbamates (subject to hydrolysis) is 1. The van der Waals surface area contributed by atoms with E-state index in [0.717, 1.165) is 16.7 Å². The van der Waals surface area contributed by atoms with E-state index in [1.807, 2.05) is 67.6 Å². The van der Waals surface area contributed by atoms with Crippen LogP contribution in [0.5, 0.6) is 5.75 Å². The van der Waals surface area contributed by atoms with Gasteiger partial charge >= 0.3 is 17.7 Å². The third-order valence-electron chi connectivity index (χ3n) is 5.07. The second-order valence-electron chi connectivity index (χ2n) is 7.69. The molecule has 1 aromatic heterocycles. The van der Waals surface area contributed by atoms with Gasteiger partial charge in [-0.05, 0) is 35.7 Å². The molecule has 0 atom stereocenters. The van der Waals surface area contributed by atoms with Crippen molar-refractivity contribution in [3.05, 3.63) is 100 Å². The number of benzene rings is 3. The Morgan fingerprint density at radius 3 is 2.38 bits per heavy atom. The van der Waals surface area contributed by atoms with E-state index in [0.29, 0.717) is 16.5 Å². The van der Waals surface area contributed by atoms with E-state index in [-0.39, 0.29) is 25.3 Å². The van der Waals surface area contributed by atoms with E-state index < -0.39 is 17.7 Å². The summed E-state index contributed by atoms with van der Waals surface area (Å²) in [6.07, 6.45) is -0.682. The van der Waals surface area contributed by atoms with E-state index in [1.165, 1.54) is 6.07 Å². The molecule has 0 unspecified atom stereocenters. The molecule has 0 aliphatic rings. The predicted molar refractivity (Wildman–Crippen MR) is 128 cm³/mol. The lowest BCUT2D eigenvalue weighted by molar-refractivity contribution is -0.134. The normalized spacial score (nSPS) is 10.6. The number of nitrogens with one attached hydrogen (secondary N) is 1. The Labute approximate surface area is 195 Å². The lowest BCUT2D eigenvalue weighted by atomic mass is 10.0. The molecule has 1 amide bonds. The van der Waals surface area contributed by atoms with E-state index in [2.05, 4.69) is 5.32 Å². The van der Waals surface area contributed by atoms with Gasteiger partial charge in [0, 0.05) is 18.2 Å². The molecule has 1 heterocycles. The van der Waals surface area contributed by atoms with E-state index in [4.69, 9.17) is 13.9 Å². The molecule has 4 aromatic rings. The van der Waals surface area contributed by atoms with Gasteiger partial charge in [0.25, 0.3) is 0 Å². The van der Waals surface area contributed by atoms with Crippen molar-refractivity contribution in [1.29, 1.82) is 0 Å². The summed E-state index contributed by atoms with van der Waals surface area (Å²) in [5, 5.41) is 3.07. The Hall–Kier alpha value is -4.39. The van der Waals surface area contributed by atoms with Crippen LogP contribution in [0.2, 0.25) is 0 Å². The van der Waals surface area contributed by atoms with Gasteiger partial charge in [-0.3, -0.25) is 4.79 Å². The van der Waals surface area contributed by atoms with Crippen molar-refractivity contribution in [2.75, 3.05) is 6.54 Å². The monoisotopic (exact) mass is 457 g/mol. The summed E-state index contributed by atoms with van der Waals surface area (Å²) < 4.78 is 16.1. The molecule has 7 heteroatoms. The highest BCUT2D eigenvalue weighted by atomic mass is 16.5. The van der Waals surface area contributed by atoms with Crippen LogP contribution in [0.1, 0.15) is 17.5 Å². The number of esters is 1. The number of amides is 1. The summed E-state index contributed by atoms with van der Waals surface area (Å²) in [4.78, 5) is 36.6. The van der Waals surface area contributed by atoms with Crippen LogP contribution >= 0.6 is 0 Å². The van der Waals surface area contributed by atoms with Crippen LogP contribution in [0.15, 0.2) is 88.1 Å². The number of rotatable bonds is 7. The average molecular weight is 457 g/mol. The molecule has 0 bridgehead atoms. The fraction of sp³-hybridized carbons (Fsp3) is 0.148. The first-order valence-electron chi connectivity index (χ1n) is 10.8. The van der Waals surface area contributed by atoms with Crippen LogP contribution in [-0.4, -0.2) is 18.6 Å². The number of carbonyl (C=O) groups is 2. The first kappa shape index (κ1) is 22.8. The molecule has 0 fully saturated rings. The van der Waals surface area contributed by atoms with Crippen molar-refractivity contribution in [3.8, 4) is 16.9 Å². The maximum Gasteiger partial charge on any atom is 0.407 e. The summed E-state index contributed by atoms with van der Waals surface area (Å²) in [7, 11) is 0. The van der Waals surface area contributed by atoms with Crippen molar-refractivity contribution in [1.82, 2.24) is 5.32 Å². The van der Waals surface area contributed by atoms with E-state index in [1.54, 1.807) is 12.1 Å². The minimum Gasteiger partial charge on any atom is -0.445 e. The van der Waals surface area contributed by atoms with Crippen molar-refractivity contribution in [3.63, 3.8) is 0 Å². The highest BCUT2D eigenvalue weighted by Crippen LogP contribution is 2.35. The zero-order valence-corrected chi connectivity index (χ0v) is 18.6. The number of hydrogen-bond acceptors (Lipinski definition) is 6. The number of fused-ring (bicyclic) bond motifs is 1. The molecule has 0 spiro atoms. The Bertz CT molecular complexity index is 1360. The second-order valence-corrected chi connectivity index (χ2v) is 7.69. The van der Waals surface area contributed by atoms with Crippen LogP contribution in [0, 0.1) is 6.92 Å². The maximum atomic E-state index is 12.5. The van der Waals surface area contributed by atoms with Crippen LogP contribution in [0.25, 0.3) is 22.1 Å². The second kappa shape index (κ2) is 10.5. The molecule has 172 valence electrons. The van der Waals surface area contributed by atoms with Gasteiger partial charge in [0.05, 0.1) is 11.8 Å². The van der Waals surface area contributed by atoms with Crippen molar-refractivity contribution in [2.24, 2.45) is 0 Å². The number of hydrogen-bond donors (Lipinski definition) is 1. The van der Waals surface area contributed by atoms with Crippen molar-refractivity contribution in [2.45, 2.75) is 20.0 Å². The molecule has 0 saturated carbocycles. The molecule has 0 saturated heterocycles. The highest BCUT2D eigenvalue weighted by molar-refractivity contribution is 5.99. The van der Waals surface area contributed by atoms with Gasteiger partial charge in [-0.1, -0.05) is 60.7 Å². The smallest absolute Gasteiger partial charge is 0.407 e. The van der Waals surface area contributed by atoms with Crippen LogP contribution in [0.3, 0.4) is 0 Å². The minimum atomic E-state index is -0.620. The fourth-order valence-electron chi connectivity index (χ4n) is 3.54. The van der Waals surface area contributed by atoms with Gasteiger partial charge in [0.2, 0.25) is 0 Å². The predicted octanol–water partition coefficient (Wildman–Crippen LogP) is 4.99. The molecule has 0 radical (unpaired) electrons. The van der Waals surface area contributed by atoms with Crippen LogP contribution < -0.4 is 15.7 Å². The summed E-state index contributed by atoms with van der Waals surface area (Å²) in [6.45, 7) is 2.01. The number of carbonyl (C=O) groups excluding carboxylic acids is 2. The third-order valence-corrected chi connectivity index (χ3v) is 5.07. The Kier molecular flexibility index (Phi) is 7.03. The van der Waals surface area contributed by atoms with Gasteiger partial charge in [0.15, 0.2) is 0 Å². The average Bonchev–Trinajstić information content (AvgIpc) is 2.83. The first-order valence-corrected chi connectivity index (χ1v) is 10.8. The molecular formula is C27H23NO6. The van der Waals surface area contributed by atoms with Gasteiger partial charge in [0.1, 0.15) is 17.9 Å². The molecule has 7 nitrogen and oxygen atoms in total. The zero-order valence-electron chi connectivity index (χ0n) is 18.6. The summed E-state index contributed by atoms with van der Waals surface area (Å²) in [5.74, 6) is -0.255. The summed E-state index contributed by atoms with van der Waals surface area (Å²) >= 11 is 0. The minimum absolute atomic E-state index is 0.0524. The SMILES string of the molecule is Cc1cc(OC(=O)CCNC(=O)OCc2ccccc2)c2c(-c3ccccc3)cc(=O)oc2c1. The zero-order chi connectivity index (χ0) is 23.9. The molecular weight excluding hydrogens is 434 g/mol. The first-order chi connectivity index (χ1) is 16.5. The van der Waals surface area contributed by atoms with Gasteiger partial charge < -0.3 is 19.2 Å². The molecule has 1 N–H and O–H groups in total. The Morgan fingerprint density at radius 1 is 0.941 bits per heavy atom. The van der Waals surface area contributed by atoms with Crippen LogP contribution in [0.4, 0.5) is 4.79 Å². The summed E-state index contributed by atoms with van der Waals surface area (Å²) in [6, 6.07) is 23.4. The Balaban J connectivity index is 1.45. The lowest BCUT2D eigenvalue weighted by Crippen LogP contribution is -2.27. The van der Waals surface area contributed by atoms with Crippen molar-refractivity contribution >= 4 is 23.0 Å². The quantitative estimate of drug-likeness (QED) is 0.239. The highest BCUT2D eigenvalue weighted by Gasteiger charge is 2.17. The lowest BCUT2D eigenvalue weighted by Gasteiger charge is -2.12. The molecule has 0 aliphatic carbocycles. The summed E-state index contributed by atoms with van der Waals surface area (Å²) in [5.41, 5.74) is 2.88. The molecule has 34 heavy (non-hydrogen) atoms. The van der Waals surface area contributed by atoms with Gasteiger partial charge in [-0.2, -0.15) is 0 Å². The largest absolute Gasteiger partial charge is 0.445 e. The van der Waals surface area contributed by atoms with Gasteiger partial charge in [-0.25, -0.2) is 9.59 Å². The topological polar surface area (TPSA) is 94.8 Å². The fourth-order valence-corrected chi connectivity index (χ4v) is 3.54. The number of ether oxygens (including phenoxy) is 2. The third kappa shape index (κ3) is 5.69. The van der Waals surface area contributed by atoms with Gasteiger partial charge in [-0.15, -0.1) is 0 Å². The van der Waals surface area contributed by atoms with Crippen LogP contribution in [-0.2, 0) is 16.1 Å². The van der Waals surface area contributed by atoms with Crippen molar-refractivity contribution < 1.29 is 23.5 Å². The Morgan fingerprint density at radius 2 is 1.65 bits per heavy atom. The molecule has 4 rings (SSSR count). The molecule has 0 aliphatic heterocycles. The molecule has 3 aromatic carbocycles.